The molecule has 1 fully saturated rings. The summed E-state index contributed by atoms with van der Waals surface area (Å²) in [7, 11) is 3.30. The van der Waals surface area contributed by atoms with Crippen LogP contribution in [0.1, 0.15) is 46.9 Å². The molecule has 3 atom stereocenters. The smallest absolute Gasteiger partial charge is 0.257 e. The molecule has 0 spiro atoms. The highest BCUT2D eigenvalue weighted by molar-refractivity contribution is 6.05. The van der Waals surface area contributed by atoms with Crippen molar-refractivity contribution in [2.24, 2.45) is 0 Å². The monoisotopic (exact) mass is 481 g/mol. The van der Waals surface area contributed by atoms with E-state index in [0.29, 0.717) is 54.1 Å². The zero-order valence-corrected chi connectivity index (χ0v) is 20.2. The molecule has 1 saturated heterocycles. The van der Waals surface area contributed by atoms with E-state index in [0.717, 1.165) is 0 Å². The molecule has 4 rings (SSSR count). The molecule has 2 N–H and O–H groups in total. The van der Waals surface area contributed by atoms with Gasteiger partial charge in [0.2, 0.25) is 5.91 Å². The molecule has 0 aromatic heterocycles. The van der Waals surface area contributed by atoms with E-state index in [-0.39, 0.29) is 42.6 Å². The fraction of sp³-hybridized carbons (Fsp3) is 0.423. The van der Waals surface area contributed by atoms with Crippen LogP contribution in [0.2, 0.25) is 0 Å². The summed E-state index contributed by atoms with van der Waals surface area (Å²) in [5.41, 5.74) is 1.31. The van der Waals surface area contributed by atoms with E-state index >= 15 is 0 Å². The molecule has 2 aliphatic rings. The molecule has 0 unspecified atom stereocenters. The van der Waals surface area contributed by atoms with Crippen LogP contribution >= 0.6 is 0 Å². The van der Waals surface area contributed by atoms with Gasteiger partial charge in [-0.05, 0) is 56.2 Å². The van der Waals surface area contributed by atoms with Crippen molar-refractivity contribution in [2.45, 2.75) is 44.4 Å². The van der Waals surface area contributed by atoms with Gasteiger partial charge in [0.15, 0.2) is 0 Å². The van der Waals surface area contributed by atoms with Crippen molar-refractivity contribution >= 4 is 23.4 Å². The molecule has 2 heterocycles. The number of hydrogen-bond donors (Lipinski definition) is 2. The van der Waals surface area contributed by atoms with Crippen molar-refractivity contribution in [3.05, 3.63) is 53.6 Å². The van der Waals surface area contributed by atoms with Crippen LogP contribution in [0.4, 0.5) is 5.69 Å². The largest absolute Gasteiger partial charge is 0.497 e. The number of amides is 3. The minimum absolute atomic E-state index is 0.0407. The predicted molar refractivity (Wildman–Crippen MR) is 130 cm³/mol. The van der Waals surface area contributed by atoms with Crippen molar-refractivity contribution < 1.29 is 28.6 Å². The van der Waals surface area contributed by atoms with E-state index in [1.54, 1.807) is 61.5 Å². The van der Waals surface area contributed by atoms with Crippen LogP contribution in [-0.4, -0.2) is 68.2 Å². The second-order valence-electron chi connectivity index (χ2n) is 8.72. The Bertz CT molecular complexity index is 1100. The molecule has 0 bridgehead atoms. The van der Waals surface area contributed by atoms with Crippen LogP contribution in [0.25, 0.3) is 0 Å². The maximum absolute atomic E-state index is 13.4. The number of nitrogens with zero attached hydrogens (tertiary/aromatic N) is 1. The molecule has 9 heteroatoms. The quantitative estimate of drug-likeness (QED) is 0.657. The summed E-state index contributed by atoms with van der Waals surface area (Å²) in [4.78, 5) is 39.8. The summed E-state index contributed by atoms with van der Waals surface area (Å²) >= 11 is 0. The third kappa shape index (κ3) is 5.57. The lowest BCUT2D eigenvalue weighted by Crippen LogP contribution is -2.54. The van der Waals surface area contributed by atoms with Gasteiger partial charge in [0.1, 0.15) is 24.2 Å². The van der Waals surface area contributed by atoms with Gasteiger partial charge in [-0.3, -0.25) is 14.4 Å². The van der Waals surface area contributed by atoms with E-state index in [1.165, 1.54) is 0 Å². The first-order valence-corrected chi connectivity index (χ1v) is 11.8. The Morgan fingerprint density at radius 1 is 1.17 bits per heavy atom. The molecule has 35 heavy (non-hydrogen) atoms. The van der Waals surface area contributed by atoms with E-state index in [1.807, 2.05) is 6.92 Å². The molecule has 0 radical (unpaired) electrons. The van der Waals surface area contributed by atoms with Crippen LogP contribution < -0.4 is 20.1 Å². The van der Waals surface area contributed by atoms with Gasteiger partial charge in [-0.2, -0.15) is 0 Å². The van der Waals surface area contributed by atoms with Gasteiger partial charge in [0, 0.05) is 24.8 Å². The average molecular weight is 482 g/mol. The first-order chi connectivity index (χ1) is 16.9. The second kappa shape index (κ2) is 10.8. The van der Waals surface area contributed by atoms with Gasteiger partial charge in [-0.25, -0.2) is 0 Å². The normalized spacial score (nSPS) is 21.5. The SMILES string of the molecule is CCNC(=O)C[C@H]1CC[C@H]2[C@@H](COc3ccc(NC(=O)c4cccc(OC)c4)cc3C(=O)N2C)O1. The number of hydrogen-bond acceptors (Lipinski definition) is 6. The molecule has 9 nitrogen and oxygen atoms in total. The molecule has 2 aromatic rings. The molecule has 3 amide bonds. The van der Waals surface area contributed by atoms with Gasteiger partial charge in [0.25, 0.3) is 11.8 Å². The van der Waals surface area contributed by atoms with Gasteiger partial charge in [-0.15, -0.1) is 0 Å². The van der Waals surface area contributed by atoms with Crippen molar-refractivity contribution in [2.75, 3.05) is 32.6 Å². The highest BCUT2D eigenvalue weighted by Crippen LogP contribution is 2.32. The van der Waals surface area contributed by atoms with Crippen molar-refractivity contribution in [3.8, 4) is 11.5 Å². The first kappa shape index (κ1) is 24.5. The lowest BCUT2D eigenvalue weighted by molar-refractivity contribution is -0.133. The number of carbonyl (C=O) groups is 3. The third-order valence-electron chi connectivity index (χ3n) is 6.39. The maximum Gasteiger partial charge on any atom is 0.257 e. The van der Waals surface area contributed by atoms with Gasteiger partial charge in [0.05, 0.1) is 31.2 Å². The minimum atomic E-state index is -0.335. The number of fused-ring (bicyclic) bond motifs is 2. The summed E-state index contributed by atoms with van der Waals surface area (Å²) in [6.07, 6.45) is 1.14. The Labute approximate surface area is 204 Å². The molecular formula is C26H31N3O6. The lowest BCUT2D eigenvalue weighted by Gasteiger charge is -2.42. The number of carbonyl (C=O) groups excluding carboxylic acids is 3. The third-order valence-corrected chi connectivity index (χ3v) is 6.39. The number of benzene rings is 2. The zero-order chi connectivity index (χ0) is 24.9. The Morgan fingerprint density at radius 2 is 2.00 bits per heavy atom. The fourth-order valence-corrected chi connectivity index (χ4v) is 4.55. The zero-order valence-electron chi connectivity index (χ0n) is 20.2. The minimum Gasteiger partial charge on any atom is -0.497 e. The van der Waals surface area contributed by atoms with Crippen LogP contribution in [0.5, 0.6) is 11.5 Å². The number of likely N-dealkylation sites (N-methyl/N-ethyl adjacent to an activating group) is 1. The van der Waals surface area contributed by atoms with Crippen LogP contribution in [-0.2, 0) is 9.53 Å². The Balaban J connectivity index is 1.49. The number of nitrogens with one attached hydrogen (secondary N) is 2. The van der Waals surface area contributed by atoms with Gasteiger partial charge < -0.3 is 29.7 Å². The molecule has 2 aliphatic heterocycles. The first-order valence-electron chi connectivity index (χ1n) is 11.8. The standard InChI is InChI=1S/C26H31N3O6/c1-4-27-24(30)14-19-9-10-21-23(35-19)15-34-22-11-8-17(13-20(22)26(32)29(21)2)28-25(31)16-6-5-7-18(12-16)33-3/h5-8,11-13,19,21,23H,4,9-10,14-15H2,1-3H3,(H,27,30)(H,28,31)/t19-,21+,23-/m1/s1. The summed E-state index contributed by atoms with van der Waals surface area (Å²) in [5, 5.41) is 5.64. The number of ether oxygens (including phenoxy) is 3. The Hall–Kier alpha value is -3.59. The molecular weight excluding hydrogens is 450 g/mol. The molecule has 186 valence electrons. The van der Waals surface area contributed by atoms with Crippen molar-refractivity contribution in [3.63, 3.8) is 0 Å². The number of rotatable bonds is 6. The predicted octanol–water partition coefficient (Wildman–Crippen LogP) is 2.85. The summed E-state index contributed by atoms with van der Waals surface area (Å²) < 4.78 is 17.3. The highest BCUT2D eigenvalue weighted by Gasteiger charge is 2.39. The van der Waals surface area contributed by atoms with E-state index in [2.05, 4.69) is 10.6 Å². The fourth-order valence-electron chi connectivity index (χ4n) is 4.55. The number of anilines is 1. The van der Waals surface area contributed by atoms with Crippen LogP contribution in [0.3, 0.4) is 0 Å². The summed E-state index contributed by atoms with van der Waals surface area (Å²) in [6.45, 7) is 2.72. The van der Waals surface area contributed by atoms with E-state index in [4.69, 9.17) is 14.2 Å². The highest BCUT2D eigenvalue weighted by atomic mass is 16.5. The Morgan fingerprint density at radius 3 is 2.77 bits per heavy atom. The summed E-state index contributed by atoms with van der Waals surface area (Å²) in [5.74, 6) is 0.446. The summed E-state index contributed by atoms with van der Waals surface area (Å²) in [6, 6.07) is 11.7. The van der Waals surface area contributed by atoms with Crippen LogP contribution in [0, 0.1) is 0 Å². The van der Waals surface area contributed by atoms with Crippen LogP contribution in [0.15, 0.2) is 42.5 Å². The average Bonchev–Trinajstić information content (AvgIpc) is 2.86. The van der Waals surface area contributed by atoms with E-state index in [9.17, 15) is 14.4 Å². The Kier molecular flexibility index (Phi) is 7.55. The molecule has 2 aromatic carbocycles. The van der Waals surface area contributed by atoms with Crippen molar-refractivity contribution in [1.82, 2.24) is 10.2 Å². The van der Waals surface area contributed by atoms with Gasteiger partial charge >= 0.3 is 0 Å². The molecule has 0 saturated carbocycles. The maximum atomic E-state index is 13.4. The second-order valence-corrected chi connectivity index (χ2v) is 8.72. The van der Waals surface area contributed by atoms with Crippen molar-refractivity contribution in [1.29, 1.82) is 0 Å². The molecule has 0 aliphatic carbocycles. The number of methoxy groups -OCH3 is 1. The van der Waals surface area contributed by atoms with E-state index < -0.39 is 0 Å². The van der Waals surface area contributed by atoms with Gasteiger partial charge in [-0.1, -0.05) is 6.07 Å². The topological polar surface area (TPSA) is 106 Å². The lowest BCUT2D eigenvalue weighted by atomic mass is 9.94.